The average Bonchev–Trinajstić information content (AvgIpc) is 2.53. The van der Waals surface area contributed by atoms with Gasteiger partial charge in [-0.15, -0.1) is 0 Å². The van der Waals surface area contributed by atoms with E-state index in [-0.39, 0.29) is 6.07 Å². The standard InChI is InChI=1S/C13H8F3N3O6S/c14-13(15,16)8-5-6-9(11(7-8)19(22)23)17-26(24,25)12-4-2-1-3-10(12)18(20)21/h1-7,17H. The van der Waals surface area contributed by atoms with Crippen LogP contribution in [-0.2, 0) is 16.2 Å². The van der Waals surface area contributed by atoms with Crippen LogP contribution in [0.15, 0.2) is 47.4 Å². The van der Waals surface area contributed by atoms with Crippen molar-refractivity contribution in [1.82, 2.24) is 0 Å². The van der Waals surface area contributed by atoms with Crippen molar-refractivity contribution in [3.63, 3.8) is 0 Å². The highest BCUT2D eigenvalue weighted by atomic mass is 32.2. The number of rotatable bonds is 5. The molecule has 0 heterocycles. The number of benzene rings is 2. The number of para-hydroxylation sites is 1. The lowest BCUT2D eigenvalue weighted by Gasteiger charge is -2.11. The summed E-state index contributed by atoms with van der Waals surface area (Å²) in [5.74, 6) is 0. The SMILES string of the molecule is O=[N+]([O-])c1cc(C(F)(F)F)ccc1NS(=O)(=O)c1ccccc1[N+](=O)[O-]. The van der Waals surface area contributed by atoms with Gasteiger partial charge in [0, 0.05) is 12.1 Å². The smallest absolute Gasteiger partial charge is 0.273 e. The molecule has 0 atom stereocenters. The van der Waals surface area contributed by atoms with Crippen LogP contribution in [0.5, 0.6) is 0 Å². The van der Waals surface area contributed by atoms with Crippen molar-refractivity contribution in [1.29, 1.82) is 0 Å². The van der Waals surface area contributed by atoms with Crippen LogP contribution in [0.2, 0.25) is 0 Å². The quantitative estimate of drug-likeness (QED) is 0.614. The minimum Gasteiger partial charge on any atom is -0.273 e. The van der Waals surface area contributed by atoms with Gasteiger partial charge in [-0.3, -0.25) is 25.0 Å². The summed E-state index contributed by atoms with van der Waals surface area (Å²) in [7, 11) is -4.67. The Kier molecular flexibility index (Phi) is 4.84. The first-order valence-electron chi connectivity index (χ1n) is 6.55. The second-order valence-corrected chi connectivity index (χ2v) is 6.47. The Morgan fingerprint density at radius 3 is 2.04 bits per heavy atom. The largest absolute Gasteiger partial charge is 0.416 e. The lowest BCUT2D eigenvalue weighted by molar-refractivity contribution is -0.387. The molecule has 13 heteroatoms. The van der Waals surface area contributed by atoms with Crippen LogP contribution >= 0.6 is 0 Å². The minimum atomic E-state index is -4.87. The maximum absolute atomic E-state index is 12.7. The highest BCUT2D eigenvalue weighted by molar-refractivity contribution is 7.92. The van der Waals surface area contributed by atoms with Crippen LogP contribution in [-0.4, -0.2) is 18.3 Å². The summed E-state index contributed by atoms with van der Waals surface area (Å²) in [4.78, 5) is 19.0. The Hall–Kier alpha value is -3.22. The Balaban J connectivity index is 2.54. The van der Waals surface area contributed by atoms with E-state index in [9.17, 15) is 41.8 Å². The number of anilines is 1. The topological polar surface area (TPSA) is 132 Å². The fraction of sp³-hybridized carbons (Fsp3) is 0.0769. The van der Waals surface area contributed by atoms with E-state index in [1.807, 2.05) is 0 Å². The third-order valence-electron chi connectivity index (χ3n) is 3.12. The molecule has 0 spiro atoms. The van der Waals surface area contributed by atoms with E-state index >= 15 is 0 Å². The molecule has 0 unspecified atom stereocenters. The third kappa shape index (κ3) is 3.88. The first kappa shape index (κ1) is 19.1. The number of halogens is 3. The number of nitrogens with zero attached hydrogens (tertiary/aromatic N) is 2. The molecule has 26 heavy (non-hydrogen) atoms. The van der Waals surface area contributed by atoms with Gasteiger partial charge in [-0.2, -0.15) is 13.2 Å². The molecule has 0 aliphatic heterocycles. The van der Waals surface area contributed by atoms with E-state index in [0.717, 1.165) is 12.1 Å². The zero-order chi connectivity index (χ0) is 19.7. The first-order chi connectivity index (χ1) is 11.9. The van der Waals surface area contributed by atoms with Gasteiger partial charge in [-0.1, -0.05) is 12.1 Å². The molecule has 138 valence electrons. The fourth-order valence-corrected chi connectivity index (χ4v) is 3.23. The number of nitrogens with one attached hydrogen (secondary N) is 1. The van der Waals surface area contributed by atoms with Gasteiger partial charge in [-0.25, -0.2) is 8.42 Å². The highest BCUT2D eigenvalue weighted by Gasteiger charge is 2.34. The molecule has 0 radical (unpaired) electrons. The van der Waals surface area contributed by atoms with E-state index in [4.69, 9.17) is 0 Å². The van der Waals surface area contributed by atoms with Gasteiger partial charge in [0.05, 0.1) is 15.4 Å². The summed E-state index contributed by atoms with van der Waals surface area (Å²) < 4.78 is 64.4. The monoisotopic (exact) mass is 391 g/mol. The van der Waals surface area contributed by atoms with Gasteiger partial charge in [-0.05, 0) is 18.2 Å². The van der Waals surface area contributed by atoms with Crippen LogP contribution in [0.3, 0.4) is 0 Å². The van der Waals surface area contributed by atoms with Crippen molar-refractivity contribution in [3.05, 3.63) is 68.3 Å². The molecule has 1 N–H and O–H groups in total. The second-order valence-electron chi connectivity index (χ2n) is 4.82. The van der Waals surface area contributed by atoms with Gasteiger partial charge < -0.3 is 0 Å². The minimum absolute atomic E-state index is 0.164. The summed E-state index contributed by atoms with van der Waals surface area (Å²) in [6, 6.07) is 5.35. The van der Waals surface area contributed by atoms with Crippen LogP contribution in [0, 0.1) is 20.2 Å². The summed E-state index contributed by atoms with van der Waals surface area (Å²) in [5.41, 5.74) is -4.06. The second kappa shape index (κ2) is 6.59. The average molecular weight is 391 g/mol. The Morgan fingerprint density at radius 2 is 1.50 bits per heavy atom. The van der Waals surface area contributed by atoms with Crippen molar-refractivity contribution >= 4 is 27.1 Å². The molecule has 0 bridgehead atoms. The number of nitro groups is 2. The lowest BCUT2D eigenvalue weighted by Crippen LogP contribution is -2.16. The number of alkyl halides is 3. The summed E-state index contributed by atoms with van der Waals surface area (Å²) in [5, 5.41) is 21.9. The molecule has 0 fully saturated rings. The predicted octanol–water partition coefficient (Wildman–Crippen LogP) is 3.32. The maximum atomic E-state index is 12.7. The van der Waals surface area contributed by atoms with Gasteiger partial charge in [0.2, 0.25) is 0 Å². The molecule has 9 nitrogen and oxygen atoms in total. The summed E-state index contributed by atoms with van der Waals surface area (Å²) >= 11 is 0. The fourth-order valence-electron chi connectivity index (χ4n) is 1.98. The number of hydrogen-bond donors (Lipinski definition) is 1. The third-order valence-corrected chi connectivity index (χ3v) is 4.53. The van der Waals surface area contributed by atoms with Crippen LogP contribution in [0.25, 0.3) is 0 Å². The molecule has 0 aliphatic rings. The van der Waals surface area contributed by atoms with Crippen molar-refractivity contribution in [2.24, 2.45) is 0 Å². The van der Waals surface area contributed by atoms with E-state index < -0.39 is 53.6 Å². The molecule has 0 aliphatic carbocycles. The molecule has 0 aromatic heterocycles. The molecule has 0 saturated heterocycles. The number of hydrogen-bond acceptors (Lipinski definition) is 6. The van der Waals surface area contributed by atoms with Crippen molar-refractivity contribution < 1.29 is 31.4 Å². The maximum Gasteiger partial charge on any atom is 0.416 e. The van der Waals surface area contributed by atoms with Crippen molar-refractivity contribution in [3.8, 4) is 0 Å². The zero-order valence-corrected chi connectivity index (χ0v) is 13.2. The molecule has 0 saturated carbocycles. The van der Waals surface area contributed by atoms with Crippen LogP contribution < -0.4 is 4.72 Å². The Labute approximate surface area is 143 Å². The number of nitro benzene ring substituents is 2. The van der Waals surface area contributed by atoms with Crippen molar-refractivity contribution in [2.75, 3.05) is 4.72 Å². The van der Waals surface area contributed by atoms with Crippen molar-refractivity contribution in [2.45, 2.75) is 11.1 Å². The summed E-state index contributed by atoms with van der Waals surface area (Å²) in [6.45, 7) is 0. The van der Waals surface area contributed by atoms with E-state index in [0.29, 0.717) is 12.1 Å². The Bertz CT molecular complexity index is 991. The van der Waals surface area contributed by atoms with Crippen LogP contribution in [0.4, 0.5) is 30.2 Å². The number of sulfonamides is 1. The van der Waals surface area contributed by atoms with E-state index in [1.54, 1.807) is 4.72 Å². The molecular formula is C13H8F3N3O6S. The summed E-state index contributed by atoms with van der Waals surface area (Å²) in [6.07, 6.45) is -4.87. The lowest BCUT2D eigenvalue weighted by atomic mass is 10.1. The van der Waals surface area contributed by atoms with Gasteiger partial charge in [0.25, 0.3) is 21.4 Å². The zero-order valence-electron chi connectivity index (χ0n) is 12.4. The molecule has 0 amide bonds. The Morgan fingerprint density at radius 1 is 0.923 bits per heavy atom. The van der Waals surface area contributed by atoms with E-state index in [2.05, 4.69) is 0 Å². The normalized spacial score (nSPS) is 11.8. The van der Waals surface area contributed by atoms with Gasteiger partial charge in [0.1, 0.15) is 5.69 Å². The highest BCUT2D eigenvalue weighted by Crippen LogP contribution is 2.36. The molecule has 2 rings (SSSR count). The van der Waals surface area contributed by atoms with E-state index in [1.165, 1.54) is 12.1 Å². The predicted molar refractivity (Wildman–Crippen MR) is 82.0 cm³/mol. The first-order valence-corrected chi connectivity index (χ1v) is 8.03. The molecular weight excluding hydrogens is 383 g/mol. The van der Waals surface area contributed by atoms with Gasteiger partial charge >= 0.3 is 6.18 Å². The van der Waals surface area contributed by atoms with Gasteiger partial charge in [0.15, 0.2) is 4.90 Å². The molecule has 2 aromatic rings. The van der Waals surface area contributed by atoms with Crippen LogP contribution in [0.1, 0.15) is 5.56 Å². The molecule has 2 aromatic carbocycles.